The molecule has 1 aromatic heterocycles. The van der Waals surface area contributed by atoms with Crippen LogP contribution in [0.4, 0.5) is 11.4 Å². The van der Waals surface area contributed by atoms with Crippen molar-refractivity contribution in [1.82, 2.24) is 4.98 Å². The average Bonchev–Trinajstić information content (AvgIpc) is 2.61. The van der Waals surface area contributed by atoms with E-state index in [0.717, 1.165) is 24.1 Å². The molecular formula is C18H20N4O2. The van der Waals surface area contributed by atoms with Crippen LogP contribution >= 0.6 is 0 Å². The number of anilines is 2. The Hall–Kier alpha value is -2.73. The Balaban J connectivity index is 1.88. The summed E-state index contributed by atoms with van der Waals surface area (Å²) in [6.45, 7) is 0.962. The minimum atomic E-state index is -0.126. The molecule has 2 aromatic rings. The Bertz CT molecular complexity index is 746. The lowest BCUT2D eigenvalue weighted by Gasteiger charge is -2.30. The topological polar surface area (TPSA) is 88.3 Å². The molecule has 1 aromatic carbocycles. The molecule has 0 unspecified atom stereocenters. The molecule has 3 N–H and O–H groups in total. The Morgan fingerprint density at radius 2 is 2.17 bits per heavy atom. The van der Waals surface area contributed by atoms with Crippen LogP contribution in [0, 0.1) is 0 Å². The van der Waals surface area contributed by atoms with Gasteiger partial charge in [0.05, 0.1) is 5.56 Å². The minimum absolute atomic E-state index is 0.0746. The van der Waals surface area contributed by atoms with E-state index < -0.39 is 0 Å². The number of aromatic nitrogens is 1. The van der Waals surface area contributed by atoms with Gasteiger partial charge >= 0.3 is 0 Å². The zero-order chi connectivity index (χ0) is 16.9. The molecule has 1 aliphatic rings. The first-order valence-corrected chi connectivity index (χ1v) is 8.04. The van der Waals surface area contributed by atoms with Crippen molar-refractivity contribution in [1.29, 1.82) is 0 Å². The van der Waals surface area contributed by atoms with Crippen LogP contribution in [0.3, 0.4) is 0 Å². The molecule has 2 heterocycles. The van der Waals surface area contributed by atoms with Crippen LogP contribution in [-0.4, -0.2) is 29.9 Å². The summed E-state index contributed by atoms with van der Waals surface area (Å²) in [5, 5.41) is 2.82. The summed E-state index contributed by atoms with van der Waals surface area (Å²) in [6.07, 6.45) is 5.33. The second kappa shape index (κ2) is 7.23. The highest BCUT2D eigenvalue weighted by Crippen LogP contribution is 2.31. The number of nitrogens with zero attached hydrogens (tertiary/aromatic N) is 2. The number of carbonyl (C=O) groups is 2. The van der Waals surface area contributed by atoms with Crippen molar-refractivity contribution in [3.8, 4) is 0 Å². The van der Waals surface area contributed by atoms with Crippen LogP contribution in [-0.2, 0) is 11.2 Å². The number of benzene rings is 1. The molecule has 0 fully saturated rings. The molecule has 1 aliphatic heterocycles. The summed E-state index contributed by atoms with van der Waals surface area (Å²) in [4.78, 5) is 30.3. The summed E-state index contributed by atoms with van der Waals surface area (Å²) in [7, 11) is 0. The summed E-state index contributed by atoms with van der Waals surface area (Å²) < 4.78 is 0. The SMILES string of the molecule is NCCC(=O)Nc1ccc2c(c1)N(C(=O)c1cccnc1)CCC2. The molecule has 6 heteroatoms. The van der Waals surface area contributed by atoms with Gasteiger partial charge in [0.1, 0.15) is 0 Å². The zero-order valence-electron chi connectivity index (χ0n) is 13.4. The molecule has 3 rings (SSSR count). The van der Waals surface area contributed by atoms with Crippen LogP contribution in [0.2, 0.25) is 0 Å². The molecule has 0 aliphatic carbocycles. The van der Waals surface area contributed by atoms with Gasteiger partial charge in [-0.15, -0.1) is 0 Å². The van der Waals surface area contributed by atoms with Crippen LogP contribution < -0.4 is 16.0 Å². The summed E-state index contributed by atoms with van der Waals surface area (Å²) in [5.74, 6) is -0.201. The molecular weight excluding hydrogens is 304 g/mol. The van der Waals surface area contributed by atoms with Gasteiger partial charge < -0.3 is 16.0 Å². The maximum absolute atomic E-state index is 12.8. The zero-order valence-corrected chi connectivity index (χ0v) is 13.4. The number of nitrogens with one attached hydrogen (secondary N) is 1. The van der Waals surface area contributed by atoms with Crippen LogP contribution in [0.1, 0.15) is 28.8 Å². The summed E-state index contributed by atoms with van der Waals surface area (Å²) >= 11 is 0. The molecule has 0 atom stereocenters. The lowest BCUT2D eigenvalue weighted by Crippen LogP contribution is -2.35. The maximum atomic E-state index is 12.8. The number of nitrogens with two attached hydrogens (primary N) is 1. The summed E-state index contributed by atoms with van der Waals surface area (Å²) in [5.41, 5.74) is 8.59. The molecule has 0 bridgehead atoms. The van der Waals surface area contributed by atoms with E-state index >= 15 is 0 Å². The molecule has 2 amide bonds. The first-order chi connectivity index (χ1) is 11.7. The molecule has 124 valence electrons. The third-order valence-electron chi connectivity index (χ3n) is 4.01. The van der Waals surface area contributed by atoms with Gasteiger partial charge in [-0.25, -0.2) is 0 Å². The van der Waals surface area contributed by atoms with Crippen LogP contribution in [0.15, 0.2) is 42.7 Å². The molecule has 24 heavy (non-hydrogen) atoms. The molecule has 6 nitrogen and oxygen atoms in total. The third kappa shape index (κ3) is 3.44. The number of rotatable bonds is 4. The van der Waals surface area contributed by atoms with E-state index in [4.69, 9.17) is 5.73 Å². The van der Waals surface area contributed by atoms with Gasteiger partial charge in [0, 0.05) is 43.3 Å². The smallest absolute Gasteiger partial charge is 0.259 e. The number of pyridine rings is 1. The Labute approximate surface area is 140 Å². The number of hydrogen-bond acceptors (Lipinski definition) is 4. The van der Waals surface area contributed by atoms with E-state index in [2.05, 4.69) is 10.3 Å². The van der Waals surface area contributed by atoms with Crippen molar-refractivity contribution in [3.63, 3.8) is 0 Å². The maximum Gasteiger partial charge on any atom is 0.259 e. The molecule has 0 saturated carbocycles. The van der Waals surface area contributed by atoms with E-state index in [1.165, 1.54) is 0 Å². The lowest BCUT2D eigenvalue weighted by molar-refractivity contribution is -0.116. The lowest BCUT2D eigenvalue weighted by atomic mass is 10.00. The van der Waals surface area contributed by atoms with Gasteiger partial charge in [-0.3, -0.25) is 14.6 Å². The average molecular weight is 324 g/mol. The van der Waals surface area contributed by atoms with Crippen molar-refractivity contribution in [2.45, 2.75) is 19.3 Å². The highest BCUT2D eigenvalue weighted by Gasteiger charge is 2.24. The number of carbonyl (C=O) groups excluding carboxylic acids is 2. The second-order valence-electron chi connectivity index (χ2n) is 5.73. The second-order valence-corrected chi connectivity index (χ2v) is 5.73. The predicted octanol–water partition coefficient (Wildman–Crippen LogP) is 1.96. The van der Waals surface area contributed by atoms with Crippen molar-refractivity contribution in [2.24, 2.45) is 5.73 Å². The standard InChI is InChI=1S/C18H20N4O2/c19-8-7-17(23)21-15-6-5-13-4-2-10-22(16(13)11-15)18(24)14-3-1-9-20-12-14/h1,3,5-6,9,11-12H,2,4,7-8,10,19H2,(H,21,23). The van der Waals surface area contributed by atoms with Crippen LogP contribution in [0.25, 0.3) is 0 Å². The predicted molar refractivity (Wildman–Crippen MR) is 93.0 cm³/mol. The third-order valence-corrected chi connectivity index (χ3v) is 4.01. The Morgan fingerprint density at radius 3 is 2.92 bits per heavy atom. The first kappa shape index (κ1) is 16.1. The van der Waals surface area contributed by atoms with E-state index in [-0.39, 0.29) is 18.2 Å². The fourth-order valence-corrected chi connectivity index (χ4v) is 2.86. The van der Waals surface area contributed by atoms with Crippen LogP contribution in [0.5, 0.6) is 0 Å². The number of aryl methyl sites for hydroxylation is 1. The molecule has 0 radical (unpaired) electrons. The van der Waals surface area contributed by atoms with Gasteiger partial charge in [0.15, 0.2) is 0 Å². The van der Waals surface area contributed by atoms with E-state index in [0.29, 0.717) is 24.3 Å². The largest absolute Gasteiger partial charge is 0.330 e. The van der Waals surface area contributed by atoms with E-state index in [9.17, 15) is 9.59 Å². The van der Waals surface area contributed by atoms with E-state index in [1.54, 1.807) is 29.4 Å². The number of fused-ring (bicyclic) bond motifs is 1. The van der Waals surface area contributed by atoms with Gasteiger partial charge in [-0.2, -0.15) is 0 Å². The highest BCUT2D eigenvalue weighted by atomic mass is 16.2. The minimum Gasteiger partial charge on any atom is -0.330 e. The molecule has 0 saturated heterocycles. The molecule has 0 spiro atoms. The normalized spacial score (nSPS) is 13.3. The number of hydrogen-bond donors (Lipinski definition) is 2. The number of amides is 2. The first-order valence-electron chi connectivity index (χ1n) is 8.04. The fraction of sp³-hybridized carbons (Fsp3) is 0.278. The van der Waals surface area contributed by atoms with Gasteiger partial charge in [0.25, 0.3) is 5.91 Å². The van der Waals surface area contributed by atoms with E-state index in [1.807, 2.05) is 18.2 Å². The van der Waals surface area contributed by atoms with Crippen molar-refractivity contribution < 1.29 is 9.59 Å². The summed E-state index contributed by atoms with van der Waals surface area (Å²) in [6, 6.07) is 9.20. The fourth-order valence-electron chi connectivity index (χ4n) is 2.86. The quantitative estimate of drug-likeness (QED) is 0.900. The van der Waals surface area contributed by atoms with Gasteiger partial charge in [-0.1, -0.05) is 6.07 Å². The van der Waals surface area contributed by atoms with Crippen molar-refractivity contribution in [3.05, 3.63) is 53.9 Å². The van der Waals surface area contributed by atoms with Crippen molar-refractivity contribution >= 4 is 23.2 Å². The highest BCUT2D eigenvalue weighted by molar-refractivity contribution is 6.07. The van der Waals surface area contributed by atoms with Crippen molar-refractivity contribution in [2.75, 3.05) is 23.3 Å². The Morgan fingerprint density at radius 1 is 1.29 bits per heavy atom. The monoisotopic (exact) mass is 324 g/mol. The van der Waals surface area contributed by atoms with Gasteiger partial charge in [-0.05, 0) is 42.7 Å². The Kier molecular flexibility index (Phi) is 4.86. The van der Waals surface area contributed by atoms with Gasteiger partial charge in [0.2, 0.25) is 5.91 Å².